The quantitative estimate of drug-likeness (QED) is 0.526. The van der Waals surface area contributed by atoms with Crippen LogP contribution in [-0.4, -0.2) is 31.1 Å². The molecule has 0 aliphatic carbocycles. The van der Waals surface area contributed by atoms with Gasteiger partial charge in [0.25, 0.3) is 5.91 Å². The number of hydrogen-bond acceptors (Lipinski definition) is 4. The summed E-state index contributed by atoms with van der Waals surface area (Å²) in [6.45, 7) is 4.98. The molecule has 3 aromatic rings. The molecule has 4 rings (SSSR count). The Morgan fingerprint density at radius 1 is 0.971 bits per heavy atom. The van der Waals surface area contributed by atoms with Gasteiger partial charge in [-0.2, -0.15) is 0 Å². The summed E-state index contributed by atoms with van der Waals surface area (Å²) >= 11 is 0. The number of hydrogen-bond donors (Lipinski definition) is 2. The van der Waals surface area contributed by atoms with Crippen LogP contribution in [-0.2, 0) is 17.7 Å². The molecule has 1 aliphatic rings. The second-order valence-corrected chi connectivity index (χ2v) is 8.14. The standard InChI is InChI=1S/C27H27N3O4/c1-3-34-26(32)21-9-11-23(12-10-21)29-27(33)28-17-19-7-8-20-13-14-30(24(20)16-19)25(31)22-6-4-5-18(2)15-22/h4-12,15-16H,3,13-14,17H2,1-2H3,(H2,28,29,33). The van der Waals surface area contributed by atoms with Crippen molar-refractivity contribution in [3.63, 3.8) is 0 Å². The van der Waals surface area contributed by atoms with Gasteiger partial charge in [0.05, 0.1) is 12.2 Å². The van der Waals surface area contributed by atoms with Crippen molar-refractivity contribution in [2.75, 3.05) is 23.4 Å². The number of urea groups is 1. The molecule has 0 atom stereocenters. The minimum Gasteiger partial charge on any atom is -0.462 e. The first-order chi connectivity index (χ1) is 16.4. The van der Waals surface area contributed by atoms with E-state index in [1.807, 2.05) is 49.4 Å². The van der Waals surface area contributed by atoms with Crippen molar-refractivity contribution in [2.24, 2.45) is 0 Å². The van der Waals surface area contributed by atoms with E-state index in [2.05, 4.69) is 10.6 Å². The minimum absolute atomic E-state index is 0.0171. The summed E-state index contributed by atoms with van der Waals surface area (Å²) in [5.74, 6) is -0.415. The Morgan fingerprint density at radius 2 is 1.76 bits per heavy atom. The normalized spacial score (nSPS) is 12.1. The first kappa shape index (κ1) is 23.0. The smallest absolute Gasteiger partial charge is 0.338 e. The van der Waals surface area contributed by atoms with Gasteiger partial charge in [0.1, 0.15) is 0 Å². The van der Waals surface area contributed by atoms with Gasteiger partial charge in [0.15, 0.2) is 0 Å². The van der Waals surface area contributed by atoms with Gasteiger partial charge < -0.3 is 20.3 Å². The maximum absolute atomic E-state index is 13.1. The molecule has 0 fully saturated rings. The van der Waals surface area contributed by atoms with Crippen LogP contribution in [0.2, 0.25) is 0 Å². The Balaban J connectivity index is 1.37. The molecule has 1 heterocycles. The highest BCUT2D eigenvalue weighted by molar-refractivity contribution is 6.07. The fourth-order valence-corrected chi connectivity index (χ4v) is 3.94. The van der Waals surface area contributed by atoms with E-state index < -0.39 is 5.97 Å². The second-order valence-electron chi connectivity index (χ2n) is 8.14. The van der Waals surface area contributed by atoms with E-state index in [1.165, 1.54) is 0 Å². The van der Waals surface area contributed by atoms with Crippen LogP contribution in [0.5, 0.6) is 0 Å². The number of rotatable bonds is 6. The molecule has 3 aromatic carbocycles. The fraction of sp³-hybridized carbons (Fsp3) is 0.222. The average Bonchev–Trinajstić information content (AvgIpc) is 3.26. The predicted octanol–water partition coefficient (Wildman–Crippen LogP) is 4.70. The molecule has 0 spiro atoms. The lowest BCUT2D eigenvalue weighted by atomic mass is 10.1. The molecular formula is C27H27N3O4. The molecule has 7 nitrogen and oxygen atoms in total. The molecule has 174 valence electrons. The highest BCUT2D eigenvalue weighted by Gasteiger charge is 2.26. The Kier molecular flexibility index (Phi) is 6.92. The van der Waals surface area contributed by atoms with Crippen LogP contribution in [0.1, 0.15) is 44.3 Å². The van der Waals surface area contributed by atoms with E-state index in [9.17, 15) is 14.4 Å². The highest BCUT2D eigenvalue weighted by atomic mass is 16.5. The van der Waals surface area contributed by atoms with Gasteiger partial charge in [0.2, 0.25) is 0 Å². The molecule has 3 amide bonds. The molecule has 0 saturated heterocycles. The third kappa shape index (κ3) is 5.26. The first-order valence-electron chi connectivity index (χ1n) is 11.3. The van der Waals surface area contributed by atoms with Crippen LogP contribution in [0.3, 0.4) is 0 Å². The number of benzene rings is 3. The fourth-order valence-electron chi connectivity index (χ4n) is 3.94. The van der Waals surface area contributed by atoms with Gasteiger partial charge in [-0.3, -0.25) is 4.79 Å². The number of esters is 1. The summed E-state index contributed by atoms with van der Waals surface area (Å²) in [7, 11) is 0. The third-order valence-electron chi connectivity index (χ3n) is 5.66. The summed E-state index contributed by atoms with van der Waals surface area (Å²) in [6, 6.07) is 19.7. The van der Waals surface area contributed by atoms with E-state index in [1.54, 1.807) is 36.1 Å². The van der Waals surface area contributed by atoms with Crippen LogP contribution in [0.15, 0.2) is 66.7 Å². The van der Waals surface area contributed by atoms with Gasteiger partial charge in [-0.05, 0) is 73.9 Å². The lowest BCUT2D eigenvalue weighted by Crippen LogP contribution is -2.29. The van der Waals surface area contributed by atoms with Crippen LogP contribution in [0.4, 0.5) is 16.2 Å². The van der Waals surface area contributed by atoms with E-state index in [0.717, 1.165) is 28.8 Å². The highest BCUT2D eigenvalue weighted by Crippen LogP contribution is 2.30. The van der Waals surface area contributed by atoms with Crippen molar-refractivity contribution in [1.82, 2.24) is 5.32 Å². The molecule has 0 bridgehead atoms. The number of carbonyl (C=O) groups is 3. The molecule has 0 aromatic heterocycles. The summed E-state index contributed by atoms with van der Waals surface area (Å²) in [4.78, 5) is 39.0. The van der Waals surface area contributed by atoms with Crippen molar-refractivity contribution in [3.05, 3.63) is 94.5 Å². The summed E-state index contributed by atoms with van der Waals surface area (Å²) in [5.41, 5.74) is 5.62. The number of nitrogens with zero attached hydrogens (tertiary/aromatic N) is 1. The monoisotopic (exact) mass is 457 g/mol. The van der Waals surface area contributed by atoms with E-state index in [4.69, 9.17) is 4.74 Å². The first-order valence-corrected chi connectivity index (χ1v) is 11.3. The van der Waals surface area contributed by atoms with Gasteiger partial charge in [-0.1, -0.05) is 29.8 Å². The van der Waals surface area contributed by atoms with E-state index in [0.29, 0.717) is 36.5 Å². The Bertz CT molecular complexity index is 1220. The zero-order valence-electron chi connectivity index (χ0n) is 19.3. The van der Waals surface area contributed by atoms with Crippen molar-refractivity contribution >= 4 is 29.3 Å². The van der Waals surface area contributed by atoms with Crippen LogP contribution in [0, 0.1) is 6.92 Å². The largest absolute Gasteiger partial charge is 0.462 e. The van der Waals surface area contributed by atoms with Crippen molar-refractivity contribution in [2.45, 2.75) is 26.8 Å². The van der Waals surface area contributed by atoms with E-state index >= 15 is 0 Å². The molecule has 0 saturated carbocycles. The molecule has 7 heteroatoms. The van der Waals surface area contributed by atoms with Crippen LogP contribution < -0.4 is 15.5 Å². The summed E-state index contributed by atoms with van der Waals surface area (Å²) in [6.07, 6.45) is 0.808. The number of fused-ring (bicyclic) bond motifs is 1. The number of ether oxygens (including phenoxy) is 1. The molecule has 1 aliphatic heterocycles. The lowest BCUT2D eigenvalue weighted by molar-refractivity contribution is 0.0526. The Labute approximate surface area is 198 Å². The van der Waals surface area contributed by atoms with Gasteiger partial charge >= 0.3 is 12.0 Å². The number of nitrogens with one attached hydrogen (secondary N) is 2. The maximum Gasteiger partial charge on any atom is 0.338 e. The topological polar surface area (TPSA) is 87.7 Å². The Hall–Kier alpha value is -4.13. The second kappa shape index (κ2) is 10.2. The van der Waals surface area contributed by atoms with Crippen molar-refractivity contribution in [3.8, 4) is 0 Å². The van der Waals surface area contributed by atoms with Gasteiger partial charge in [0, 0.05) is 30.0 Å². The lowest BCUT2D eigenvalue weighted by Gasteiger charge is -2.18. The van der Waals surface area contributed by atoms with Crippen molar-refractivity contribution in [1.29, 1.82) is 0 Å². The zero-order valence-corrected chi connectivity index (χ0v) is 19.3. The Morgan fingerprint density at radius 3 is 2.50 bits per heavy atom. The molecule has 34 heavy (non-hydrogen) atoms. The number of carbonyl (C=O) groups excluding carboxylic acids is 3. The minimum atomic E-state index is -0.398. The maximum atomic E-state index is 13.1. The average molecular weight is 458 g/mol. The van der Waals surface area contributed by atoms with Crippen LogP contribution >= 0.6 is 0 Å². The summed E-state index contributed by atoms with van der Waals surface area (Å²) < 4.78 is 4.96. The van der Waals surface area contributed by atoms with Gasteiger partial charge in [-0.15, -0.1) is 0 Å². The molecule has 0 unspecified atom stereocenters. The van der Waals surface area contributed by atoms with Crippen LogP contribution in [0.25, 0.3) is 0 Å². The van der Waals surface area contributed by atoms with Gasteiger partial charge in [-0.25, -0.2) is 9.59 Å². The number of aryl methyl sites for hydroxylation is 1. The molecule has 2 N–H and O–H groups in total. The predicted molar refractivity (Wildman–Crippen MR) is 131 cm³/mol. The molecule has 0 radical (unpaired) electrons. The SMILES string of the molecule is CCOC(=O)c1ccc(NC(=O)NCc2ccc3c(c2)N(C(=O)c2cccc(C)c2)CC3)cc1. The molecular weight excluding hydrogens is 430 g/mol. The zero-order chi connectivity index (χ0) is 24.1. The summed E-state index contributed by atoms with van der Waals surface area (Å²) in [5, 5.41) is 5.58. The van der Waals surface area contributed by atoms with Crippen molar-refractivity contribution < 1.29 is 19.1 Å². The van der Waals surface area contributed by atoms with E-state index in [-0.39, 0.29) is 11.9 Å². The third-order valence-corrected chi connectivity index (χ3v) is 5.66. The number of anilines is 2. The number of amides is 3.